The molecule has 2 unspecified atom stereocenters. The van der Waals surface area contributed by atoms with E-state index in [0.717, 1.165) is 12.1 Å². The molecular formula is C19H27N5O2S. The third-order valence-electron chi connectivity index (χ3n) is 4.52. The maximum Gasteiger partial charge on any atom is 0.240 e. The van der Waals surface area contributed by atoms with Crippen molar-refractivity contribution < 1.29 is 9.59 Å². The number of carbonyl (C=O) groups is 2. The normalized spacial score (nSPS) is 13.4. The zero-order valence-electron chi connectivity index (χ0n) is 16.2. The first-order valence-electron chi connectivity index (χ1n) is 9.05. The summed E-state index contributed by atoms with van der Waals surface area (Å²) in [5.74, 6) is -0.200. The lowest BCUT2D eigenvalue weighted by atomic mass is 9.99. The van der Waals surface area contributed by atoms with Crippen LogP contribution in [0.5, 0.6) is 0 Å². The fraction of sp³-hybridized carbons (Fsp3) is 0.474. The Hall–Kier alpha value is -2.35. The predicted octanol–water partition coefficient (Wildman–Crippen LogP) is 2.50. The number of thioether (sulfide) groups is 1. The fourth-order valence-electron chi connectivity index (χ4n) is 2.59. The lowest BCUT2D eigenvalue weighted by molar-refractivity contribution is -0.127. The Bertz CT molecular complexity index is 773. The van der Waals surface area contributed by atoms with E-state index in [1.807, 2.05) is 30.5 Å². The molecule has 1 aromatic heterocycles. The van der Waals surface area contributed by atoms with Crippen LogP contribution in [-0.4, -0.2) is 38.4 Å². The van der Waals surface area contributed by atoms with Gasteiger partial charge in [-0.1, -0.05) is 58.0 Å². The molecule has 2 amide bonds. The largest absolute Gasteiger partial charge is 0.368 e. The van der Waals surface area contributed by atoms with Crippen LogP contribution in [0, 0.1) is 5.92 Å². The lowest BCUT2D eigenvalue weighted by Crippen LogP contribution is -2.48. The first kappa shape index (κ1) is 21.0. The zero-order chi connectivity index (χ0) is 20.0. The number of nitrogens with zero attached hydrogens (tertiary/aromatic N) is 3. The van der Waals surface area contributed by atoms with Gasteiger partial charge in [-0.15, -0.1) is 10.2 Å². The van der Waals surface area contributed by atoms with E-state index in [0.29, 0.717) is 11.1 Å². The van der Waals surface area contributed by atoms with Gasteiger partial charge in [0.25, 0.3) is 0 Å². The molecule has 0 aliphatic heterocycles. The van der Waals surface area contributed by atoms with Crippen molar-refractivity contribution in [3.63, 3.8) is 0 Å². The van der Waals surface area contributed by atoms with Crippen LogP contribution < -0.4 is 11.1 Å². The SMILES string of the molecule is CCC(C)C(NC(=O)CSc1nncn1-c1ccc(C(C)C)cc1)C(N)=O. The predicted molar refractivity (Wildman–Crippen MR) is 107 cm³/mol. The minimum atomic E-state index is -0.662. The monoisotopic (exact) mass is 389 g/mol. The minimum Gasteiger partial charge on any atom is -0.368 e. The van der Waals surface area contributed by atoms with Crippen molar-refractivity contribution in [1.82, 2.24) is 20.1 Å². The first-order valence-corrected chi connectivity index (χ1v) is 10.0. The number of aromatic nitrogens is 3. The second-order valence-corrected chi connectivity index (χ2v) is 7.79. The van der Waals surface area contributed by atoms with Crippen LogP contribution in [0.15, 0.2) is 35.7 Å². The molecule has 7 nitrogen and oxygen atoms in total. The standard InChI is InChI=1S/C19H27N5O2S/c1-5-13(4)17(18(20)26)22-16(25)10-27-19-23-21-11-24(19)15-8-6-14(7-9-15)12(2)3/h6-9,11-13,17H,5,10H2,1-4H3,(H2,20,26)(H,22,25). The van der Waals surface area contributed by atoms with E-state index in [4.69, 9.17) is 5.73 Å². The molecule has 0 aliphatic carbocycles. The molecule has 0 spiro atoms. The summed E-state index contributed by atoms with van der Waals surface area (Å²) in [5.41, 5.74) is 7.58. The average Bonchev–Trinajstić information content (AvgIpc) is 3.12. The van der Waals surface area contributed by atoms with Crippen LogP contribution in [0.3, 0.4) is 0 Å². The van der Waals surface area contributed by atoms with E-state index >= 15 is 0 Å². The van der Waals surface area contributed by atoms with E-state index in [2.05, 4.69) is 41.5 Å². The molecule has 0 bridgehead atoms. The van der Waals surface area contributed by atoms with Gasteiger partial charge in [0, 0.05) is 5.69 Å². The summed E-state index contributed by atoms with van der Waals surface area (Å²) in [4.78, 5) is 23.8. The van der Waals surface area contributed by atoms with Crippen molar-refractivity contribution in [3.05, 3.63) is 36.2 Å². The van der Waals surface area contributed by atoms with Crippen LogP contribution in [0.4, 0.5) is 0 Å². The summed E-state index contributed by atoms with van der Waals surface area (Å²) in [5, 5.41) is 11.4. The summed E-state index contributed by atoms with van der Waals surface area (Å²) in [6.45, 7) is 8.13. The summed E-state index contributed by atoms with van der Waals surface area (Å²) in [7, 11) is 0. The van der Waals surface area contributed by atoms with Gasteiger partial charge in [0.15, 0.2) is 5.16 Å². The maximum absolute atomic E-state index is 12.2. The third-order valence-corrected chi connectivity index (χ3v) is 5.47. The van der Waals surface area contributed by atoms with Gasteiger partial charge < -0.3 is 11.1 Å². The number of rotatable bonds is 9. The van der Waals surface area contributed by atoms with Gasteiger partial charge in [0.2, 0.25) is 11.8 Å². The molecule has 0 aliphatic rings. The number of nitrogens with two attached hydrogens (primary N) is 1. The van der Waals surface area contributed by atoms with Crippen LogP contribution in [-0.2, 0) is 9.59 Å². The van der Waals surface area contributed by atoms with Gasteiger partial charge in [-0.05, 0) is 29.5 Å². The Morgan fingerprint density at radius 3 is 2.44 bits per heavy atom. The van der Waals surface area contributed by atoms with Gasteiger partial charge in [-0.2, -0.15) is 0 Å². The quantitative estimate of drug-likeness (QED) is 0.642. The van der Waals surface area contributed by atoms with E-state index in [9.17, 15) is 9.59 Å². The Morgan fingerprint density at radius 1 is 1.22 bits per heavy atom. The summed E-state index contributed by atoms with van der Waals surface area (Å²) >= 11 is 1.27. The highest BCUT2D eigenvalue weighted by Crippen LogP contribution is 2.22. The molecule has 2 aromatic rings. The molecule has 3 N–H and O–H groups in total. The van der Waals surface area contributed by atoms with Crippen LogP contribution in [0.2, 0.25) is 0 Å². The number of carbonyl (C=O) groups excluding carboxylic acids is 2. The highest BCUT2D eigenvalue weighted by Gasteiger charge is 2.23. The topological polar surface area (TPSA) is 103 Å². The number of benzene rings is 1. The smallest absolute Gasteiger partial charge is 0.240 e. The van der Waals surface area contributed by atoms with Gasteiger partial charge in [-0.3, -0.25) is 14.2 Å². The molecule has 1 heterocycles. The molecule has 1 aromatic carbocycles. The van der Waals surface area contributed by atoms with E-state index < -0.39 is 11.9 Å². The summed E-state index contributed by atoms with van der Waals surface area (Å²) in [6.07, 6.45) is 2.37. The summed E-state index contributed by atoms with van der Waals surface area (Å²) in [6, 6.07) is 7.50. The van der Waals surface area contributed by atoms with Gasteiger partial charge in [0.05, 0.1) is 5.75 Å². The molecule has 0 saturated carbocycles. The molecule has 146 valence electrons. The molecule has 2 atom stereocenters. The Morgan fingerprint density at radius 2 is 1.89 bits per heavy atom. The van der Waals surface area contributed by atoms with Crippen molar-refractivity contribution in [3.8, 4) is 5.69 Å². The van der Waals surface area contributed by atoms with Crippen LogP contribution in [0.1, 0.15) is 45.6 Å². The zero-order valence-corrected chi connectivity index (χ0v) is 17.0. The van der Waals surface area contributed by atoms with Crippen LogP contribution >= 0.6 is 11.8 Å². The minimum absolute atomic E-state index is 0.0143. The van der Waals surface area contributed by atoms with Crippen molar-refractivity contribution in [2.45, 2.75) is 51.2 Å². The van der Waals surface area contributed by atoms with Crippen molar-refractivity contribution in [2.24, 2.45) is 11.7 Å². The number of primary amides is 1. The molecule has 0 saturated heterocycles. The van der Waals surface area contributed by atoms with E-state index in [-0.39, 0.29) is 17.6 Å². The van der Waals surface area contributed by atoms with Crippen LogP contribution in [0.25, 0.3) is 5.69 Å². The number of hydrogen-bond donors (Lipinski definition) is 2. The summed E-state index contributed by atoms with van der Waals surface area (Å²) < 4.78 is 1.84. The number of nitrogens with one attached hydrogen (secondary N) is 1. The van der Waals surface area contributed by atoms with Crippen molar-refractivity contribution in [2.75, 3.05) is 5.75 Å². The Labute approximate surface area is 164 Å². The van der Waals surface area contributed by atoms with E-state index in [1.165, 1.54) is 17.3 Å². The number of amides is 2. The molecule has 27 heavy (non-hydrogen) atoms. The Kier molecular flexibility index (Phi) is 7.41. The highest BCUT2D eigenvalue weighted by atomic mass is 32.2. The molecule has 8 heteroatoms. The molecule has 0 radical (unpaired) electrons. The first-order chi connectivity index (χ1) is 12.8. The Balaban J connectivity index is 2.02. The molecular weight excluding hydrogens is 362 g/mol. The lowest BCUT2D eigenvalue weighted by Gasteiger charge is -2.20. The second-order valence-electron chi connectivity index (χ2n) is 6.85. The highest BCUT2D eigenvalue weighted by molar-refractivity contribution is 7.99. The number of hydrogen-bond acceptors (Lipinski definition) is 5. The van der Waals surface area contributed by atoms with E-state index in [1.54, 1.807) is 6.33 Å². The second kappa shape index (κ2) is 9.55. The van der Waals surface area contributed by atoms with Gasteiger partial charge in [0.1, 0.15) is 12.4 Å². The average molecular weight is 390 g/mol. The van der Waals surface area contributed by atoms with Crippen molar-refractivity contribution >= 4 is 23.6 Å². The maximum atomic E-state index is 12.2. The molecule has 0 fully saturated rings. The van der Waals surface area contributed by atoms with Gasteiger partial charge >= 0.3 is 0 Å². The van der Waals surface area contributed by atoms with Crippen molar-refractivity contribution in [1.29, 1.82) is 0 Å². The van der Waals surface area contributed by atoms with Gasteiger partial charge in [-0.25, -0.2) is 0 Å². The fourth-order valence-corrected chi connectivity index (χ4v) is 3.33. The molecule has 2 rings (SSSR count). The third kappa shape index (κ3) is 5.56.